The van der Waals surface area contributed by atoms with E-state index < -0.39 is 11.9 Å². The minimum atomic E-state index is -0.732. The lowest BCUT2D eigenvalue weighted by Crippen LogP contribution is -2.49. The molecular formula is C25H31NO3. The van der Waals surface area contributed by atoms with Gasteiger partial charge < -0.3 is 10.0 Å². The van der Waals surface area contributed by atoms with E-state index in [1.807, 2.05) is 48.5 Å². The maximum atomic E-state index is 11.9. The first-order valence-corrected chi connectivity index (χ1v) is 10.4. The van der Waals surface area contributed by atoms with Gasteiger partial charge in [0.1, 0.15) is 0 Å². The summed E-state index contributed by atoms with van der Waals surface area (Å²) in [5.74, 6) is -0.686. The molecule has 0 bridgehead atoms. The van der Waals surface area contributed by atoms with Crippen LogP contribution in [0.4, 0.5) is 0 Å². The molecule has 0 amide bonds. The third-order valence-electron chi connectivity index (χ3n) is 6.65. The smallest absolute Gasteiger partial charge is 0.308 e. The summed E-state index contributed by atoms with van der Waals surface area (Å²) in [4.78, 5) is 25.9. The van der Waals surface area contributed by atoms with Crippen molar-refractivity contribution in [2.45, 2.75) is 39.0 Å². The molecule has 3 atom stereocenters. The van der Waals surface area contributed by atoms with Crippen LogP contribution in [-0.4, -0.2) is 41.4 Å². The Kier molecular flexibility index (Phi) is 6.53. The van der Waals surface area contributed by atoms with Crippen LogP contribution in [0.25, 0.3) is 0 Å². The Bertz CT molecular complexity index is 863. The molecule has 1 N–H and O–H groups in total. The van der Waals surface area contributed by atoms with Crippen molar-refractivity contribution in [1.29, 1.82) is 0 Å². The first-order valence-electron chi connectivity index (χ1n) is 10.4. The molecule has 4 nitrogen and oxygen atoms in total. The van der Waals surface area contributed by atoms with E-state index in [0.717, 1.165) is 30.6 Å². The van der Waals surface area contributed by atoms with Gasteiger partial charge in [-0.3, -0.25) is 9.59 Å². The van der Waals surface area contributed by atoms with E-state index in [2.05, 4.69) is 24.8 Å². The number of likely N-dealkylation sites (tertiary alicyclic amines) is 1. The number of carbonyl (C=O) groups is 2. The van der Waals surface area contributed by atoms with E-state index in [1.54, 1.807) is 6.92 Å². The Morgan fingerprint density at radius 2 is 1.90 bits per heavy atom. The molecule has 29 heavy (non-hydrogen) atoms. The van der Waals surface area contributed by atoms with Gasteiger partial charge in [0.25, 0.3) is 0 Å². The molecule has 1 fully saturated rings. The average molecular weight is 394 g/mol. The van der Waals surface area contributed by atoms with Crippen LogP contribution < -0.4 is 0 Å². The van der Waals surface area contributed by atoms with E-state index in [4.69, 9.17) is 0 Å². The maximum absolute atomic E-state index is 11.9. The zero-order valence-corrected chi connectivity index (χ0v) is 17.6. The molecule has 4 heteroatoms. The molecule has 2 aromatic carbocycles. The Labute approximate surface area is 173 Å². The molecule has 154 valence electrons. The van der Waals surface area contributed by atoms with Crippen molar-refractivity contribution in [2.24, 2.45) is 11.8 Å². The lowest BCUT2D eigenvalue weighted by atomic mass is 9.67. The number of aliphatic carboxylic acids is 1. The van der Waals surface area contributed by atoms with E-state index in [0.29, 0.717) is 18.9 Å². The molecule has 3 unspecified atom stereocenters. The zero-order valence-electron chi connectivity index (χ0n) is 17.6. The van der Waals surface area contributed by atoms with Gasteiger partial charge in [0.2, 0.25) is 0 Å². The van der Waals surface area contributed by atoms with Crippen molar-refractivity contribution in [1.82, 2.24) is 4.90 Å². The highest BCUT2D eigenvalue weighted by atomic mass is 16.4. The topological polar surface area (TPSA) is 57.6 Å². The number of hydrogen-bond donors (Lipinski definition) is 1. The molecule has 0 aromatic heterocycles. The van der Waals surface area contributed by atoms with Crippen molar-refractivity contribution in [2.75, 3.05) is 19.6 Å². The Balaban J connectivity index is 1.69. The summed E-state index contributed by atoms with van der Waals surface area (Å²) in [6.45, 7) is 8.40. The molecule has 1 aliphatic heterocycles. The van der Waals surface area contributed by atoms with Crippen LogP contribution in [0.3, 0.4) is 0 Å². The number of nitrogens with zero attached hydrogens (tertiary/aromatic N) is 1. The largest absolute Gasteiger partial charge is 0.481 e. The fourth-order valence-corrected chi connectivity index (χ4v) is 4.45. The first kappa shape index (κ1) is 21.3. The monoisotopic (exact) mass is 393 g/mol. The second-order valence-corrected chi connectivity index (χ2v) is 8.69. The second kappa shape index (κ2) is 8.91. The maximum Gasteiger partial charge on any atom is 0.308 e. The molecule has 1 aliphatic rings. The first-order chi connectivity index (χ1) is 13.8. The van der Waals surface area contributed by atoms with Crippen LogP contribution in [0.2, 0.25) is 0 Å². The van der Waals surface area contributed by atoms with E-state index in [-0.39, 0.29) is 11.2 Å². The number of Topliss-reactive ketones (excluding diaryl/α,β-unsaturated/α-hetero) is 1. The number of benzene rings is 2. The normalized spacial score (nSPS) is 23.5. The predicted octanol–water partition coefficient (Wildman–Crippen LogP) is 4.43. The Morgan fingerprint density at radius 3 is 2.52 bits per heavy atom. The number of carboxylic acid groups (broad SMARTS) is 1. The van der Waals surface area contributed by atoms with Crippen LogP contribution in [0.15, 0.2) is 54.6 Å². The van der Waals surface area contributed by atoms with Gasteiger partial charge in [-0.2, -0.15) is 0 Å². The van der Waals surface area contributed by atoms with Gasteiger partial charge in [-0.25, -0.2) is 0 Å². The Hall–Kier alpha value is -2.46. The van der Waals surface area contributed by atoms with Gasteiger partial charge in [-0.15, -0.1) is 0 Å². The van der Waals surface area contributed by atoms with Crippen molar-refractivity contribution in [3.63, 3.8) is 0 Å². The summed E-state index contributed by atoms with van der Waals surface area (Å²) in [5.41, 5.74) is 3.01. The molecule has 0 saturated carbocycles. The van der Waals surface area contributed by atoms with Crippen LogP contribution in [-0.2, 0) is 16.6 Å². The number of carbonyl (C=O) groups excluding carboxylic acids is 1. The van der Waals surface area contributed by atoms with Crippen LogP contribution in [0, 0.1) is 11.8 Å². The molecule has 0 aliphatic carbocycles. The third-order valence-corrected chi connectivity index (χ3v) is 6.65. The summed E-state index contributed by atoms with van der Waals surface area (Å²) in [7, 11) is 0. The highest BCUT2D eigenvalue weighted by molar-refractivity contribution is 5.94. The summed E-state index contributed by atoms with van der Waals surface area (Å²) in [5, 5.41) is 9.74. The van der Waals surface area contributed by atoms with Crippen LogP contribution in [0.5, 0.6) is 0 Å². The number of carboxylic acids is 1. The number of rotatable bonds is 7. The molecule has 0 radical (unpaired) electrons. The van der Waals surface area contributed by atoms with Crippen LogP contribution in [0.1, 0.15) is 48.7 Å². The van der Waals surface area contributed by atoms with Gasteiger partial charge in [-0.1, -0.05) is 62.4 Å². The van der Waals surface area contributed by atoms with Crippen molar-refractivity contribution >= 4 is 11.8 Å². The van der Waals surface area contributed by atoms with Gasteiger partial charge >= 0.3 is 5.97 Å². The van der Waals surface area contributed by atoms with E-state index in [9.17, 15) is 14.7 Å². The summed E-state index contributed by atoms with van der Waals surface area (Å²) < 4.78 is 0. The van der Waals surface area contributed by atoms with Gasteiger partial charge in [0, 0.05) is 18.7 Å². The SMILES string of the molecule is CC(=O)c1cccc(C2(C)CCN(CC(Cc3ccccc3)C(=O)O)CC2C)c1. The van der Waals surface area contributed by atoms with E-state index in [1.165, 1.54) is 5.56 Å². The average Bonchev–Trinajstić information content (AvgIpc) is 2.71. The molecule has 1 saturated heterocycles. The van der Waals surface area contributed by atoms with Crippen LogP contribution >= 0.6 is 0 Å². The number of piperidine rings is 1. The van der Waals surface area contributed by atoms with Gasteiger partial charge in [0.15, 0.2) is 5.78 Å². The fourth-order valence-electron chi connectivity index (χ4n) is 4.45. The van der Waals surface area contributed by atoms with Gasteiger partial charge in [0.05, 0.1) is 5.92 Å². The number of ketones is 1. The zero-order chi connectivity index (χ0) is 21.0. The molecule has 1 heterocycles. The Morgan fingerprint density at radius 1 is 1.17 bits per heavy atom. The fraction of sp³-hybridized carbons (Fsp3) is 0.440. The standard InChI is InChI=1S/C25H31NO3/c1-18-16-26(17-22(24(28)29)14-20-8-5-4-6-9-20)13-12-25(18,3)23-11-7-10-21(15-23)19(2)27/h4-11,15,18,22H,12-14,16-17H2,1-3H3,(H,28,29). The minimum Gasteiger partial charge on any atom is -0.481 e. The summed E-state index contributed by atoms with van der Waals surface area (Å²) in [6, 6.07) is 17.8. The number of hydrogen-bond acceptors (Lipinski definition) is 3. The minimum absolute atomic E-state index is 0.0138. The third kappa shape index (κ3) is 4.94. The highest BCUT2D eigenvalue weighted by Gasteiger charge is 2.39. The summed E-state index contributed by atoms with van der Waals surface area (Å²) >= 11 is 0. The van der Waals surface area contributed by atoms with Crippen molar-refractivity contribution in [3.05, 3.63) is 71.3 Å². The lowest BCUT2D eigenvalue weighted by molar-refractivity contribution is -0.142. The molecule has 0 spiro atoms. The molecule has 3 rings (SSSR count). The quantitative estimate of drug-likeness (QED) is 0.707. The second-order valence-electron chi connectivity index (χ2n) is 8.69. The van der Waals surface area contributed by atoms with E-state index >= 15 is 0 Å². The molecule has 2 aromatic rings. The molecular weight excluding hydrogens is 362 g/mol. The van der Waals surface area contributed by atoms with Crippen molar-refractivity contribution in [3.8, 4) is 0 Å². The van der Waals surface area contributed by atoms with Crippen molar-refractivity contribution < 1.29 is 14.7 Å². The highest BCUT2D eigenvalue weighted by Crippen LogP contribution is 2.39. The summed E-state index contributed by atoms with van der Waals surface area (Å²) in [6.07, 6.45) is 1.51. The predicted molar refractivity (Wildman–Crippen MR) is 115 cm³/mol. The van der Waals surface area contributed by atoms with Gasteiger partial charge in [-0.05, 0) is 54.8 Å². The lowest BCUT2D eigenvalue weighted by Gasteiger charge is -2.45.